The highest BCUT2D eigenvalue weighted by molar-refractivity contribution is 5.93. The van der Waals surface area contributed by atoms with Crippen molar-refractivity contribution in [1.82, 2.24) is 19.6 Å². The summed E-state index contributed by atoms with van der Waals surface area (Å²) in [6, 6.07) is 11.6. The largest absolute Gasteiger partial charge is 0.461 e. The van der Waals surface area contributed by atoms with Gasteiger partial charge in [0.1, 0.15) is 0 Å². The average Bonchev–Trinajstić information content (AvgIpc) is 3.17. The molecule has 0 aliphatic carbocycles. The van der Waals surface area contributed by atoms with E-state index in [1.165, 1.54) is 0 Å². The molecule has 4 rings (SSSR count). The molecule has 0 atom stereocenters. The number of nitrogens with one attached hydrogen (secondary N) is 1. The third-order valence-corrected chi connectivity index (χ3v) is 3.32. The van der Waals surface area contributed by atoms with Crippen molar-refractivity contribution in [3.63, 3.8) is 0 Å². The number of fused-ring (bicyclic) bond motifs is 3. The molecule has 0 aliphatic heterocycles. The Labute approximate surface area is 120 Å². The molecule has 0 fully saturated rings. The highest BCUT2D eigenvalue weighted by atomic mass is 16.3. The molecule has 4 aromatic rings. The van der Waals surface area contributed by atoms with Crippen LogP contribution in [0.1, 0.15) is 6.92 Å². The molecule has 0 spiro atoms. The van der Waals surface area contributed by atoms with Crippen LogP contribution in [-0.2, 0) is 0 Å². The molecule has 3 aromatic heterocycles. The normalized spacial score (nSPS) is 11.3. The summed E-state index contributed by atoms with van der Waals surface area (Å²) in [7, 11) is 0. The van der Waals surface area contributed by atoms with E-state index in [4.69, 9.17) is 4.42 Å². The van der Waals surface area contributed by atoms with Gasteiger partial charge in [0.05, 0.1) is 11.8 Å². The minimum atomic E-state index is 0.643. The summed E-state index contributed by atoms with van der Waals surface area (Å²) in [6.45, 7) is 2.79. The molecule has 6 nitrogen and oxygen atoms in total. The van der Waals surface area contributed by atoms with E-state index in [-0.39, 0.29) is 0 Å². The molecular weight excluding hydrogens is 266 g/mol. The van der Waals surface area contributed by atoms with E-state index in [2.05, 4.69) is 20.5 Å². The SMILES string of the molecule is CCNc1nc2ccccc2c2nnc(-c3ccco3)n12. The van der Waals surface area contributed by atoms with Crippen LogP contribution >= 0.6 is 0 Å². The van der Waals surface area contributed by atoms with Crippen molar-refractivity contribution in [2.75, 3.05) is 11.9 Å². The molecular formula is C15H13N5O. The Balaban J connectivity index is 2.12. The van der Waals surface area contributed by atoms with Crippen LogP contribution in [0.2, 0.25) is 0 Å². The van der Waals surface area contributed by atoms with E-state index in [1.54, 1.807) is 6.26 Å². The molecule has 21 heavy (non-hydrogen) atoms. The lowest BCUT2D eigenvalue weighted by atomic mass is 10.2. The molecule has 0 bridgehead atoms. The Morgan fingerprint density at radius 2 is 2.05 bits per heavy atom. The summed E-state index contributed by atoms with van der Waals surface area (Å²) in [5, 5.41) is 12.8. The number of rotatable bonds is 3. The molecule has 0 radical (unpaired) electrons. The molecule has 0 amide bonds. The van der Waals surface area contributed by atoms with Crippen LogP contribution in [0.15, 0.2) is 47.1 Å². The smallest absolute Gasteiger partial charge is 0.211 e. The van der Waals surface area contributed by atoms with Crippen molar-refractivity contribution in [2.45, 2.75) is 6.92 Å². The summed E-state index contributed by atoms with van der Waals surface area (Å²) in [4.78, 5) is 4.67. The lowest BCUT2D eigenvalue weighted by molar-refractivity contribution is 0.576. The Morgan fingerprint density at radius 3 is 2.86 bits per heavy atom. The van der Waals surface area contributed by atoms with Gasteiger partial charge in [-0.3, -0.25) is 0 Å². The van der Waals surface area contributed by atoms with E-state index in [9.17, 15) is 0 Å². The number of benzene rings is 1. The van der Waals surface area contributed by atoms with E-state index < -0.39 is 0 Å². The first-order valence-corrected chi connectivity index (χ1v) is 6.80. The predicted molar refractivity (Wildman–Crippen MR) is 80.2 cm³/mol. The maximum Gasteiger partial charge on any atom is 0.211 e. The van der Waals surface area contributed by atoms with Gasteiger partial charge in [0.2, 0.25) is 11.8 Å². The van der Waals surface area contributed by atoms with Crippen molar-refractivity contribution >= 4 is 22.5 Å². The Kier molecular flexibility index (Phi) is 2.60. The predicted octanol–water partition coefficient (Wildman–Crippen LogP) is 2.97. The Hall–Kier alpha value is -2.89. The lowest BCUT2D eigenvalue weighted by Gasteiger charge is -2.09. The van der Waals surface area contributed by atoms with Gasteiger partial charge < -0.3 is 9.73 Å². The van der Waals surface area contributed by atoms with E-state index in [0.717, 1.165) is 23.1 Å². The fourth-order valence-corrected chi connectivity index (χ4v) is 2.43. The number of aromatic nitrogens is 4. The maximum absolute atomic E-state index is 5.45. The van der Waals surface area contributed by atoms with Gasteiger partial charge in [-0.1, -0.05) is 12.1 Å². The van der Waals surface area contributed by atoms with Gasteiger partial charge in [0, 0.05) is 11.9 Å². The number of nitrogens with zero attached hydrogens (tertiary/aromatic N) is 4. The fraction of sp³-hybridized carbons (Fsp3) is 0.133. The van der Waals surface area contributed by atoms with Crippen molar-refractivity contribution in [3.8, 4) is 11.6 Å². The van der Waals surface area contributed by atoms with Crippen molar-refractivity contribution < 1.29 is 4.42 Å². The van der Waals surface area contributed by atoms with Gasteiger partial charge in [-0.05, 0) is 31.2 Å². The van der Waals surface area contributed by atoms with Crippen LogP contribution in [0.4, 0.5) is 5.95 Å². The van der Waals surface area contributed by atoms with Gasteiger partial charge in [-0.2, -0.15) is 0 Å². The van der Waals surface area contributed by atoms with Crippen molar-refractivity contribution in [2.24, 2.45) is 0 Å². The fourth-order valence-electron chi connectivity index (χ4n) is 2.43. The van der Waals surface area contributed by atoms with Crippen LogP contribution in [0.5, 0.6) is 0 Å². The zero-order valence-electron chi connectivity index (χ0n) is 11.4. The minimum Gasteiger partial charge on any atom is -0.461 e. The van der Waals surface area contributed by atoms with Gasteiger partial charge in [-0.25, -0.2) is 9.38 Å². The molecule has 104 valence electrons. The molecule has 1 N–H and O–H groups in total. The van der Waals surface area contributed by atoms with Gasteiger partial charge in [0.15, 0.2) is 11.4 Å². The summed E-state index contributed by atoms with van der Waals surface area (Å²) >= 11 is 0. The molecule has 1 aromatic carbocycles. The quantitative estimate of drug-likeness (QED) is 0.624. The maximum atomic E-state index is 5.45. The molecule has 0 unspecified atom stereocenters. The highest BCUT2D eigenvalue weighted by Crippen LogP contribution is 2.26. The van der Waals surface area contributed by atoms with Gasteiger partial charge in [-0.15, -0.1) is 10.2 Å². The third-order valence-electron chi connectivity index (χ3n) is 3.32. The van der Waals surface area contributed by atoms with E-state index in [0.29, 0.717) is 17.5 Å². The first kappa shape index (κ1) is 11.9. The number of hydrogen-bond acceptors (Lipinski definition) is 5. The van der Waals surface area contributed by atoms with Crippen molar-refractivity contribution in [3.05, 3.63) is 42.7 Å². The van der Waals surface area contributed by atoms with E-state index >= 15 is 0 Å². The Bertz CT molecular complexity index is 911. The second kappa shape index (κ2) is 4.59. The zero-order valence-corrected chi connectivity index (χ0v) is 11.4. The molecule has 3 heterocycles. The van der Waals surface area contributed by atoms with Crippen molar-refractivity contribution in [1.29, 1.82) is 0 Å². The summed E-state index contributed by atoms with van der Waals surface area (Å²) in [6.07, 6.45) is 1.62. The Morgan fingerprint density at radius 1 is 1.14 bits per heavy atom. The molecule has 6 heteroatoms. The summed E-state index contributed by atoms with van der Waals surface area (Å²) in [5.41, 5.74) is 1.65. The first-order chi connectivity index (χ1) is 10.4. The van der Waals surface area contributed by atoms with E-state index in [1.807, 2.05) is 47.7 Å². The number of anilines is 1. The lowest BCUT2D eigenvalue weighted by Crippen LogP contribution is -2.07. The number of para-hydroxylation sites is 1. The molecule has 0 saturated heterocycles. The molecule has 0 saturated carbocycles. The number of furan rings is 1. The highest BCUT2D eigenvalue weighted by Gasteiger charge is 2.17. The molecule has 0 aliphatic rings. The second-order valence-electron chi connectivity index (χ2n) is 4.64. The topological polar surface area (TPSA) is 68.2 Å². The number of hydrogen-bond donors (Lipinski definition) is 1. The van der Waals surface area contributed by atoms with Crippen LogP contribution in [0.3, 0.4) is 0 Å². The minimum absolute atomic E-state index is 0.643. The van der Waals surface area contributed by atoms with Crippen LogP contribution in [0.25, 0.3) is 28.1 Å². The summed E-state index contributed by atoms with van der Waals surface area (Å²) < 4.78 is 7.35. The van der Waals surface area contributed by atoms with Gasteiger partial charge in [0.25, 0.3) is 0 Å². The van der Waals surface area contributed by atoms with Gasteiger partial charge >= 0.3 is 0 Å². The van der Waals surface area contributed by atoms with Crippen LogP contribution in [-0.4, -0.2) is 26.1 Å². The monoisotopic (exact) mass is 279 g/mol. The van der Waals surface area contributed by atoms with Crippen LogP contribution in [0, 0.1) is 0 Å². The zero-order chi connectivity index (χ0) is 14.2. The average molecular weight is 279 g/mol. The van der Waals surface area contributed by atoms with Crippen LogP contribution < -0.4 is 5.32 Å². The summed E-state index contributed by atoms with van der Waals surface area (Å²) in [5.74, 6) is 2.02. The first-order valence-electron chi connectivity index (χ1n) is 6.80. The standard InChI is InChI=1S/C15H13N5O/c1-2-16-15-17-11-7-4-3-6-10(11)13-18-19-14(20(13)15)12-8-5-9-21-12/h3-9H,2H2,1H3,(H,16,17). The third kappa shape index (κ3) is 1.76. The second-order valence-corrected chi connectivity index (χ2v) is 4.64.